The number of aromatic amines is 1. The highest BCUT2D eigenvalue weighted by atomic mass is 15.3. The van der Waals surface area contributed by atoms with Gasteiger partial charge in [0.25, 0.3) is 0 Å². The fraction of sp³-hybridized carbons (Fsp3) is 0.368. The van der Waals surface area contributed by atoms with Gasteiger partial charge >= 0.3 is 0 Å². The van der Waals surface area contributed by atoms with Gasteiger partial charge in [0, 0.05) is 12.0 Å². The van der Waals surface area contributed by atoms with Crippen LogP contribution in [0.4, 0.5) is 5.82 Å². The van der Waals surface area contributed by atoms with E-state index < -0.39 is 0 Å². The molecule has 0 spiro atoms. The third kappa shape index (κ3) is 1.80. The molecule has 23 heavy (non-hydrogen) atoms. The van der Waals surface area contributed by atoms with E-state index in [1.54, 1.807) is 0 Å². The number of aromatic nitrogens is 2. The minimum atomic E-state index is 0.493. The lowest BCUT2D eigenvalue weighted by Crippen LogP contribution is -2.38. The monoisotopic (exact) mass is 305 g/mol. The lowest BCUT2D eigenvalue weighted by molar-refractivity contribution is -0.467. The number of pyridine rings is 1. The lowest BCUT2D eigenvalue weighted by Gasteiger charge is -2.21. The van der Waals surface area contributed by atoms with Crippen LogP contribution < -0.4 is 9.30 Å². The third-order valence-electron chi connectivity index (χ3n) is 5.28. The molecule has 0 saturated heterocycles. The van der Waals surface area contributed by atoms with E-state index in [4.69, 9.17) is 0 Å². The van der Waals surface area contributed by atoms with E-state index in [1.165, 1.54) is 11.4 Å². The summed E-state index contributed by atoms with van der Waals surface area (Å²) in [6.07, 6.45) is 2.13. The number of anilines is 1. The second-order valence-electron chi connectivity index (χ2n) is 6.44. The number of para-hydroxylation sites is 2. The van der Waals surface area contributed by atoms with Gasteiger partial charge < -0.3 is 0 Å². The number of H-pyrrole nitrogens is 1. The Morgan fingerprint density at radius 2 is 2.17 bits per heavy atom. The minimum Gasteiger partial charge on any atom is -0.289 e. The highest BCUT2D eigenvalue weighted by molar-refractivity contribution is 5.78. The molecule has 0 bridgehead atoms. The SMILES string of the molecule is CC[C@@H](C)N1CCc2c(C)c(C#N)c3[nH]c4ccccc4[n+]3c21. The highest BCUT2D eigenvalue weighted by Gasteiger charge is 2.35. The molecule has 4 rings (SSSR count). The molecule has 116 valence electrons. The molecule has 0 amide bonds. The summed E-state index contributed by atoms with van der Waals surface area (Å²) in [7, 11) is 0. The van der Waals surface area contributed by atoms with Crippen LogP contribution in [-0.2, 0) is 6.42 Å². The number of imidazole rings is 1. The second-order valence-corrected chi connectivity index (χ2v) is 6.44. The van der Waals surface area contributed by atoms with Crippen LogP contribution in [0.25, 0.3) is 16.7 Å². The van der Waals surface area contributed by atoms with Gasteiger partial charge in [0.2, 0.25) is 11.5 Å². The maximum atomic E-state index is 9.70. The molecule has 0 saturated carbocycles. The molecule has 4 heteroatoms. The van der Waals surface area contributed by atoms with Crippen molar-refractivity contribution in [3.63, 3.8) is 0 Å². The van der Waals surface area contributed by atoms with Crippen LogP contribution in [0.3, 0.4) is 0 Å². The normalized spacial score (nSPS) is 15.1. The van der Waals surface area contributed by atoms with Crippen LogP contribution in [0.2, 0.25) is 0 Å². The van der Waals surface area contributed by atoms with Crippen molar-refractivity contribution in [3.05, 3.63) is 41.0 Å². The zero-order valence-electron chi connectivity index (χ0n) is 13.8. The first-order valence-corrected chi connectivity index (χ1v) is 8.32. The van der Waals surface area contributed by atoms with Crippen molar-refractivity contribution in [2.75, 3.05) is 11.4 Å². The van der Waals surface area contributed by atoms with Gasteiger partial charge in [-0.05, 0) is 38.0 Å². The van der Waals surface area contributed by atoms with E-state index in [0.717, 1.165) is 47.2 Å². The Morgan fingerprint density at radius 3 is 2.91 bits per heavy atom. The number of nitrogens with one attached hydrogen (secondary N) is 1. The quantitative estimate of drug-likeness (QED) is 0.739. The summed E-state index contributed by atoms with van der Waals surface area (Å²) in [5.74, 6) is 1.27. The van der Waals surface area contributed by atoms with Gasteiger partial charge in [-0.3, -0.25) is 9.88 Å². The minimum absolute atomic E-state index is 0.493. The lowest BCUT2D eigenvalue weighted by atomic mass is 10.0. The van der Waals surface area contributed by atoms with E-state index in [0.29, 0.717) is 6.04 Å². The highest BCUT2D eigenvalue weighted by Crippen LogP contribution is 2.33. The summed E-state index contributed by atoms with van der Waals surface area (Å²) in [4.78, 5) is 5.96. The Balaban J connectivity index is 2.19. The summed E-state index contributed by atoms with van der Waals surface area (Å²) in [6, 6.07) is 11.2. The summed E-state index contributed by atoms with van der Waals surface area (Å²) >= 11 is 0. The number of fused-ring (bicyclic) bond motifs is 5. The van der Waals surface area contributed by atoms with Crippen molar-refractivity contribution < 1.29 is 4.40 Å². The molecule has 1 N–H and O–H groups in total. The number of nitriles is 1. The van der Waals surface area contributed by atoms with Crippen LogP contribution in [0.15, 0.2) is 24.3 Å². The van der Waals surface area contributed by atoms with Crippen molar-refractivity contribution >= 4 is 22.5 Å². The Bertz CT molecular complexity index is 961. The molecule has 0 fully saturated rings. The van der Waals surface area contributed by atoms with Gasteiger partial charge in [-0.15, -0.1) is 0 Å². The van der Waals surface area contributed by atoms with Gasteiger partial charge in [0.15, 0.2) is 0 Å². The molecule has 1 atom stereocenters. The van der Waals surface area contributed by atoms with Gasteiger partial charge in [-0.1, -0.05) is 19.1 Å². The third-order valence-corrected chi connectivity index (χ3v) is 5.28. The first-order valence-electron chi connectivity index (χ1n) is 8.32. The Labute approximate surface area is 136 Å². The molecule has 3 aromatic rings. The number of rotatable bonds is 2. The summed E-state index contributed by atoms with van der Waals surface area (Å²) in [5.41, 5.74) is 6.35. The maximum Gasteiger partial charge on any atom is 0.250 e. The largest absolute Gasteiger partial charge is 0.289 e. The summed E-state index contributed by atoms with van der Waals surface area (Å²) < 4.78 is 2.26. The molecular formula is C19H21N4+. The molecule has 3 heterocycles. The summed E-state index contributed by atoms with van der Waals surface area (Å²) in [6.45, 7) is 7.63. The average Bonchev–Trinajstić information content (AvgIpc) is 3.15. The maximum absolute atomic E-state index is 9.70. The first kappa shape index (κ1) is 14.1. The molecule has 1 aliphatic heterocycles. The fourth-order valence-electron chi connectivity index (χ4n) is 3.83. The molecule has 0 radical (unpaired) electrons. The van der Waals surface area contributed by atoms with Crippen molar-refractivity contribution in [2.45, 2.75) is 39.7 Å². The van der Waals surface area contributed by atoms with Crippen molar-refractivity contribution in [1.82, 2.24) is 4.98 Å². The van der Waals surface area contributed by atoms with Crippen LogP contribution in [0.5, 0.6) is 0 Å². The van der Waals surface area contributed by atoms with Gasteiger partial charge in [0.1, 0.15) is 22.7 Å². The number of hydrogen-bond donors (Lipinski definition) is 1. The average molecular weight is 305 g/mol. The Morgan fingerprint density at radius 1 is 1.39 bits per heavy atom. The molecule has 4 nitrogen and oxygen atoms in total. The van der Waals surface area contributed by atoms with Crippen molar-refractivity contribution in [2.24, 2.45) is 0 Å². The van der Waals surface area contributed by atoms with E-state index in [-0.39, 0.29) is 0 Å². The number of nitrogens with zero attached hydrogens (tertiary/aromatic N) is 3. The standard InChI is InChI=1S/C19H20N4/c1-4-12(2)22-10-9-14-13(3)15(11-20)18-21-16-7-5-6-8-17(16)23(18)19(14)22/h5-8,12H,4,9-10H2,1-3H3/p+1/t12-/m1/s1. The zero-order valence-corrected chi connectivity index (χ0v) is 13.8. The molecule has 2 aromatic heterocycles. The molecule has 0 unspecified atom stereocenters. The second kappa shape index (κ2) is 4.99. The zero-order chi connectivity index (χ0) is 16.1. The van der Waals surface area contributed by atoms with E-state index in [9.17, 15) is 5.26 Å². The van der Waals surface area contributed by atoms with Crippen LogP contribution >= 0.6 is 0 Å². The van der Waals surface area contributed by atoms with E-state index in [2.05, 4.69) is 59.3 Å². The van der Waals surface area contributed by atoms with Crippen LogP contribution in [-0.4, -0.2) is 17.6 Å². The van der Waals surface area contributed by atoms with Gasteiger partial charge in [-0.25, -0.2) is 0 Å². The smallest absolute Gasteiger partial charge is 0.250 e. The molecule has 1 aromatic carbocycles. The molecular weight excluding hydrogens is 284 g/mol. The predicted molar refractivity (Wildman–Crippen MR) is 91.7 cm³/mol. The van der Waals surface area contributed by atoms with E-state index >= 15 is 0 Å². The van der Waals surface area contributed by atoms with Gasteiger partial charge in [0.05, 0.1) is 12.6 Å². The predicted octanol–water partition coefficient (Wildman–Crippen LogP) is 3.25. The van der Waals surface area contributed by atoms with Crippen LogP contribution in [0.1, 0.15) is 37.0 Å². The van der Waals surface area contributed by atoms with E-state index in [1.807, 2.05) is 6.07 Å². The topological polar surface area (TPSA) is 46.9 Å². The van der Waals surface area contributed by atoms with Crippen LogP contribution in [0, 0.1) is 18.3 Å². The fourth-order valence-corrected chi connectivity index (χ4v) is 3.83. The van der Waals surface area contributed by atoms with Crippen molar-refractivity contribution in [1.29, 1.82) is 5.26 Å². The summed E-state index contributed by atoms with van der Waals surface area (Å²) in [5, 5.41) is 9.70. The molecule has 1 aliphatic rings. The number of hydrogen-bond acceptors (Lipinski definition) is 2. The first-order chi connectivity index (χ1) is 11.2. The molecule has 0 aliphatic carbocycles. The Hall–Kier alpha value is -2.54. The van der Waals surface area contributed by atoms with Crippen molar-refractivity contribution in [3.8, 4) is 6.07 Å². The van der Waals surface area contributed by atoms with Gasteiger partial charge in [-0.2, -0.15) is 9.66 Å². The Kier molecular flexibility index (Phi) is 3.05. The number of benzene rings is 1.